The molecule has 0 heterocycles. The average Bonchev–Trinajstić information content (AvgIpc) is 2.56. The van der Waals surface area contributed by atoms with Crippen molar-refractivity contribution in [3.8, 4) is 11.5 Å². The number of ether oxygens (including phenoxy) is 4. The number of carbonyl (C=O) groups is 1. The van der Waals surface area contributed by atoms with Crippen LogP contribution >= 0.6 is 0 Å². The smallest absolute Gasteiger partial charge is 0.320 e. The van der Waals surface area contributed by atoms with Gasteiger partial charge in [-0.2, -0.15) is 0 Å². The lowest BCUT2D eigenvalue weighted by Gasteiger charge is -2.22. The second-order valence-corrected chi connectivity index (χ2v) is 4.62. The van der Waals surface area contributed by atoms with Crippen molar-refractivity contribution in [2.75, 3.05) is 53.9 Å². The van der Waals surface area contributed by atoms with E-state index in [0.717, 1.165) is 0 Å². The number of benzene rings is 1. The summed E-state index contributed by atoms with van der Waals surface area (Å²) < 4.78 is 21.1. The van der Waals surface area contributed by atoms with Gasteiger partial charge in [-0.05, 0) is 19.1 Å². The average molecular weight is 326 g/mol. The highest BCUT2D eigenvalue weighted by Gasteiger charge is 2.13. The zero-order valence-corrected chi connectivity index (χ0v) is 14.0. The molecule has 0 spiro atoms. The molecule has 0 unspecified atom stereocenters. The van der Waals surface area contributed by atoms with Gasteiger partial charge in [-0.3, -0.25) is 0 Å². The Hall–Kier alpha value is -1.99. The van der Waals surface area contributed by atoms with E-state index in [4.69, 9.17) is 18.9 Å². The molecule has 7 nitrogen and oxygen atoms in total. The third-order valence-electron chi connectivity index (χ3n) is 3.02. The van der Waals surface area contributed by atoms with Crippen molar-refractivity contribution in [3.63, 3.8) is 0 Å². The van der Waals surface area contributed by atoms with Gasteiger partial charge in [0, 0.05) is 27.3 Å². The number of rotatable bonds is 11. The van der Waals surface area contributed by atoms with Crippen molar-refractivity contribution < 1.29 is 23.7 Å². The summed E-state index contributed by atoms with van der Waals surface area (Å²) in [4.78, 5) is 13.8. The van der Waals surface area contributed by atoms with E-state index in [2.05, 4.69) is 5.32 Å². The van der Waals surface area contributed by atoms with E-state index in [0.29, 0.717) is 44.4 Å². The molecule has 0 radical (unpaired) electrons. The molecule has 1 aromatic rings. The Bertz CT molecular complexity index is 448. The highest BCUT2D eigenvalue weighted by Crippen LogP contribution is 2.25. The fourth-order valence-corrected chi connectivity index (χ4v) is 1.85. The summed E-state index contributed by atoms with van der Waals surface area (Å²) in [5, 5.41) is 2.72. The predicted molar refractivity (Wildman–Crippen MR) is 87.0 cm³/mol. The Morgan fingerprint density at radius 1 is 1.04 bits per heavy atom. The number of para-hydroxylation sites is 2. The van der Waals surface area contributed by atoms with Crippen LogP contribution in [0.5, 0.6) is 11.5 Å². The topological polar surface area (TPSA) is 69.3 Å². The Morgan fingerprint density at radius 2 is 1.61 bits per heavy atom. The van der Waals surface area contributed by atoms with Gasteiger partial charge >= 0.3 is 6.03 Å². The molecule has 1 aromatic carbocycles. The van der Waals surface area contributed by atoms with E-state index in [9.17, 15) is 4.79 Å². The molecule has 0 saturated carbocycles. The normalized spacial score (nSPS) is 10.2. The zero-order chi connectivity index (χ0) is 16.9. The molecule has 0 atom stereocenters. The third-order valence-corrected chi connectivity index (χ3v) is 3.02. The molecule has 7 heteroatoms. The fraction of sp³-hybridized carbons (Fsp3) is 0.562. The van der Waals surface area contributed by atoms with Crippen LogP contribution in [0.15, 0.2) is 24.3 Å². The Morgan fingerprint density at radius 3 is 2.13 bits per heavy atom. The standard InChI is InChI=1S/C16H26N2O5/c1-4-22-14-7-5-6-8-15(14)23-13-17-16(19)18(9-11-20-2)10-12-21-3/h5-8H,4,9-13H2,1-3H3,(H,17,19). The van der Waals surface area contributed by atoms with Crippen LogP contribution in [-0.4, -0.2) is 64.8 Å². The second kappa shape index (κ2) is 11.6. The maximum Gasteiger partial charge on any atom is 0.320 e. The molecule has 2 amide bonds. The first-order valence-corrected chi connectivity index (χ1v) is 7.58. The van der Waals surface area contributed by atoms with E-state index in [-0.39, 0.29) is 12.8 Å². The molecule has 1 rings (SSSR count). The minimum absolute atomic E-state index is 0.0549. The van der Waals surface area contributed by atoms with E-state index in [1.165, 1.54) is 0 Å². The lowest BCUT2D eigenvalue weighted by molar-refractivity contribution is 0.119. The van der Waals surface area contributed by atoms with Crippen LogP contribution in [0.1, 0.15) is 6.92 Å². The molecule has 23 heavy (non-hydrogen) atoms. The van der Waals surface area contributed by atoms with E-state index in [1.54, 1.807) is 25.2 Å². The van der Waals surface area contributed by atoms with Crippen LogP contribution < -0.4 is 14.8 Å². The maximum atomic E-state index is 12.1. The van der Waals surface area contributed by atoms with Crippen molar-refractivity contribution >= 4 is 6.03 Å². The van der Waals surface area contributed by atoms with Gasteiger partial charge < -0.3 is 29.2 Å². The number of nitrogens with one attached hydrogen (secondary N) is 1. The Kier molecular flexibility index (Phi) is 9.58. The summed E-state index contributed by atoms with van der Waals surface area (Å²) in [5.41, 5.74) is 0. The highest BCUT2D eigenvalue weighted by atomic mass is 16.5. The number of methoxy groups -OCH3 is 2. The van der Waals surface area contributed by atoms with Gasteiger partial charge in [-0.15, -0.1) is 0 Å². The van der Waals surface area contributed by atoms with Gasteiger partial charge in [-0.25, -0.2) is 4.79 Å². The van der Waals surface area contributed by atoms with Crippen LogP contribution in [0.2, 0.25) is 0 Å². The second-order valence-electron chi connectivity index (χ2n) is 4.62. The summed E-state index contributed by atoms with van der Waals surface area (Å²) in [6.45, 7) is 4.41. The molecule has 130 valence electrons. The molecule has 0 bridgehead atoms. The van der Waals surface area contributed by atoms with Crippen molar-refractivity contribution in [1.82, 2.24) is 10.2 Å². The molecule has 0 aromatic heterocycles. The van der Waals surface area contributed by atoms with Gasteiger partial charge in [-0.1, -0.05) is 12.1 Å². The molecular weight excluding hydrogens is 300 g/mol. The minimum atomic E-state index is -0.229. The first-order chi connectivity index (χ1) is 11.2. The van der Waals surface area contributed by atoms with E-state index >= 15 is 0 Å². The zero-order valence-electron chi connectivity index (χ0n) is 14.0. The van der Waals surface area contributed by atoms with Crippen LogP contribution in [0.25, 0.3) is 0 Å². The summed E-state index contributed by atoms with van der Waals surface area (Å²) in [6, 6.07) is 7.11. The van der Waals surface area contributed by atoms with Gasteiger partial charge in [0.15, 0.2) is 18.2 Å². The summed E-state index contributed by atoms with van der Waals surface area (Å²) in [5.74, 6) is 1.25. The first-order valence-electron chi connectivity index (χ1n) is 7.58. The number of carbonyl (C=O) groups excluding carboxylic acids is 1. The molecule has 0 saturated heterocycles. The summed E-state index contributed by atoms with van der Waals surface area (Å²) in [6.07, 6.45) is 0. The van der Waals surface area contributed by atoms with E-state index in [1.807, 2.05) is 25.1 Å². The van der Waals surface area contributed by atoms with Gasteiger partial charge in [0.2, 0.25) is 0 Å². The Balaban J connectivity index is 2.47. The lowest BCUT2D eigenvalue weighted by atomic mass is 10.3. The van der Waals surface area contributed by atoms with E-state index < -0.39 is 0 Å². The quantitative estimate of drug-likeness (QED) is 0.627. The number of nitrogens with zero attached hydrogens (tertiary/aromatic N) is 1. The van der Waals surface area contributed by atoms with Crippen molar-refractivity contribution in [2.45, 2.75) is 6.92 Å². The van der Waals surface area contributed by atoms with Gasteiger partial charge in [0.1, 0.15) is 0 Å². The molecule has 0 aliphatic carbocycles. The molecule has 0 aliphatic heterocycles. The third kappa shape index (κ3) is 7.21. The predicted octanol–water partition coefficient (Wildman–Crippen LogP) is 1.73. The summed E-state index contributed by atoms with van der Waals surface area (Å²) >= 11 is 0. The fourth-order valence-electron chi connectivity index (χ4n) is 1.85. The molecular formula is C16H26N2O5. The number of urea groups is 1. The van der Waals surface area contributed by atoms with Crippen LogP contribution in [0.4, 0.5) is 4.79 Å². The maximum absolute atomic E-state index is 12.1. The minimum Gasteiger partial charge on any atom is -0.490 e. The largest absolute Gasteiger partial charge is 0.490 e. The number of hydrogen-bond acceptors (Lipinski definition) is 5. The molecule has 0 fully saturated rings. The number of hydrogen-bond donors (Lipinski definition) is 1. The SMILES string of the molecule is CCOc1ccccc1OCNC(=O)N(CCOC)CCOC. The highest BCUT2D eigenvalue weighted by molar-refractivity contribution is 5.74. The Labute approximate surface area is 137 Å². The summed E-state index contributed by atoms with van der Waals surface area (Å²) in [7, 11) is 3.19. The lowest BCUT2D eigenvalue weighted by Crippen LogP contribution is -2.44. The van der Waals surface area contributed by atoms with Crippen molar-refractivity contribution in [1.29, 1.82) is 0 Å². The van der Waals surface area contributed by atoms with Crippen LogP contribution in [0, 0.1) is 0 Å². The monoisotopic (exact) mass is 326 g/mol. The first kappa shape index (κ1) is 19.1. The molecule has 1 N–H and O–H groups in total. The van der Waals surface area contributed by atoms with Gasteiger partial charge in [0.05, 0.1) is 19.8 Å². The van der Waals surface area contributed by atoms with Crippen molar-refractivity contribution in [3.05, 3.63) is 24.3 Å². The van der Waals surface area contributed by atoms with Crippen LogP contribution in [0.3, 0.4) is 0 Å². The number of amides is 2. The van der Waals surface area contributed by atoms with Crippen molar-refractivity contribution in [2.24, 2.45) is 0 Å². The molecule has 0 aliphatic rings. The van der Waals surface area contributed by atoms with Gasteiger partial charge in [0.25, 0.3) is 0 Å². The van der Waals surface area contributed by atoms with Crippen LogP contribution in [-0.2, 0) is 9.47 Å².